The van der Waals surface area contributed by atoms with Crippen LogP contribution < -0.4 is 5.32 Å². The third kappa shape index (κ3) is 4.11. The summed E-state index contributed by atoms with van der Waals surface area (Å²) >= 11 is 0. The number of halogens is 1. The van der Waals surface area contributed by atoms with E-state index in [1.165, 1.54) is 11.1 Å². The first-order valence-corrected chi connectivity index (χ1v) is 4.78. The van der Waals surface area contributed by atoms with Crippen LogP contribution in [-0.4, -0.2) is 25.7 Å². The van der Waals surface area contributed by atoms with Crippen LogP contribution in [0.2, 0.25) is 0 Å². The Balaban J connectivity index is 0.00000169. The monoisotopic (exact) mass is 219 g/mol. The quantitative estimate of drug-likeness (QED) is 0.580. The van der Waals surface area contributed by atoms with Gasteiger partial charge in [0.05, 0.1) is 13.0 Å². The van der Waals surface area contributed by atoms with Crippen molar-refractivity contribution >= 4 is 18.4 Å². The molecule has 1 N–H and O–H groups in total. The minimum Gasteiger partial charge on any atom is -0.466 e. The van der Waals surface area contributed by atoms with Gasteiger partial charge in [-0.25, -0.2) is 0 Å². The van der Waals surface area contributed by atoms with E-state index in [2.05, 4.69) is 12.2 Å². The van der Waals surface area contributed by atoms with Crippen molar-refractivity contribution in [2.24, 2.45) is 0 Å². The zero-order valence-corrected chi connectivity index (χ0v) is 9.58. The van der Waals surface area contributed by atoms with Crippen molar-refractivity contribution < 1.29 is 9.53 Å². The topological polar surface area (TPSA) is 38.3 Å². The fraction of sp³-hybridized carbons (Fsp3) is 0.700. The highest BCUT2D eigenvalue weighted by Gasteiger charge is 2.12. The number of hydrogen-bond donors (Lipinski definition) is 1. The highest BCUT2D eigenvalue weighted by Crippen LogP contribution is 2.16. The summed E-state index contributed by atoms with van der Waals surface area (Å²) in [6.45, 7) is 6.27. The van der Waals surface area contributed by atoms with Gasteiger partial charge in [0, 0.05) is 6.54 Å². The van der Waals surface area contributed by atoms with Crippen LogP contribution in [0.15, 0.2) is 11.1 Å². The lowest BCUT2D eigenvalue weighted by atomic mass is 10.00. The predicted octanol–water partition coefficient (Wildman–Crippen LogP) is 1.67. The molecule has 1 aliphatic heterocycles. The number of ether oxygens (including phenoxy) is 1. The number of carbonyl (C=O) groups is 1. The molecular formula is C10H18ClNO2. The van der Waals surface area contributed by atoms with Crippen LogP contribution in [0, 0.1) is 0 Å². The molecule has 0 spiro atoms. The Morgan fingerprint density at radius 1 is 1.57 bits per heavy atom. The van der Waals surface area contributed by atoms with E-state index in [1.807, 2.05) is 6.92 Å². The summed E-state index contributed by atoms with van der Waals surface area (Å²) in [5, 5.41) is 3.26. The summed E-state index contributed by atoms with van der Waals surface area (Å²) in [6.07, 6.45) is 1.45. The molecule has 0 saturated carbocycles. The summed E-state index contributed by atoms with van der Waals surface area (Å²) in [4.78, 5) is 11.2. The Kier molecular flexibility index (Phi) is 6.58. The Morgan fingerprint density at radius 3 is 2.86 bits per heavy atom. The molecule has 14 heavy (non-hydrogen) atoms. The summed E-state index contributed by atoms with van der Waals surface area (Å²) in [5.41, 5.74) is 2.54. The van der Waals surface area contributed by atoms with Crippen LogP contribution in [-0.2, 0) is 9.53 Å². The largest absolute Gasteiger partial charge is 0.466 e. The second kappa shape index (κ2) is 6.85. The van der Waals surface area contributed by atoms with Crippen molar-refractivity contribution in [2.75, 3.05) is 19.7 Å². The van der Waals surface area contributed by atoms with Gasteiger partial charge in [-0.15, -0.1) is 12.4 Å². The first kappa shape index (κ1) is 13.5. The normalized spacial score (nSPS) is 16.1. The molecule has 0 radical (unpaired) electrons. The minimum atomic E-state index is -0.0984. The molecule has 4 heteroatoms. The number of nitrogens with one attached hydrogen (secondary N) is 1. The summed E-state index contributed by atoms with van der Waals surface area (Å²) in [7, 11) is 0. The Labute approximate surface area is 91.3 Å². The molecule has 1 heterocycles. The van der Waals surface area contributed by atoms with E-state index in [-0.39, 0.29) is 18.4 Å². The van der Waals surface area contributed by atoms with Gasteiger partial charge in [-0.3, -0.25) is 4.79 Å². The molecule has 3 nitrogen and oxygen atoms in total. The Hall–Kier alpha value is -0.540. The molecule has 0 bridgehead atoms. The van der Waals surface area contributed by atoms with Crippen molar-refractivity contribution in [2.45, 2.75) is 26.7 Å². The Bertz CT molecular complexity index is 226. The molecule has 0 unspecified atom stereocenters. The van der Waals surface area contributed by atoms with Crippen LogP contribution in [0.25, 0.3) is 0 Å². The molecule has 0 amide bonds. The third-order valence-electron chi connectivity index (χ3n) is 2.26. The van der Waals surface area contributed by atoms with E-state index in [9.17, 15) is 4.79 Å². The zero-order valence-electron chi connectivity index (χ0n) is 8.76. The van der Waals surface area contributed by atoms with Gasteiger partial charge in [-0.2, -0.15) is 0 Å². The summed E-state index contributed by atoms with van der Waals surface area (Å²) < 4.78 is 4.90. The second-order valence-corrected chi connectivity index (χ2v) is 3.29. The van der Waals surface area contributed by atoms with Gasteiger partial charge in [-0.05, 0) is 26.8 Å². The lowest BCUT2D eigenvalue weighted by Gasteiger charge is -2.18. The van der Waals surface area contributed by atoms with Gasteiger partial charge in [0.1, 0.15) is 0 Å². The average molecular weight is 220 g/mol. The highest BCUT2D eigenvalue weighted by molar-refractivity contribution is 5.85. The summed E-state index contributed by atoms with van der Waals surface area (Å²) in [5.74, 6) is -0.0984. The van der Waals surface area contributed by atoms with Crippen LogP contribution in [0.1, 0.15) is 26.7 Å². The average Bonchev–Trinajstić information content (AvgIpc) is 2.09. The van der Waals surface area contributed by atoms with Gasteiger partial charge in [0.2, 0.25) is 0 Å². The second-order valence-electron chi connectivity index (χ2n) is 3.29. The number of carbonyl (C=O) groups excluding carboxylic acids is 1. The maximum Gasteiger partial charge on any atom is 0.309 e. The van der Waals surface area contributed by atoms with Gasteiger partial charge in [0.15, 0.2) is 0 Å². The molecule has 0 aromatic carbocycles. The maximum atomic E-state index is 11.2. The van der Waals surface area contributed by atoms with Crippen LogP contribution in [0.3, 0.4) is 0 Å². The molecule has 0 aromatic heterocycles. The predicted molar refractivity (Wildman–Crippen MR) is 58.7 cm³/mol. The lowest BCUT2D eigenvalue weighted by molar-refractivity contribution is -0.142. The van der Waals surface area contributed by atoms with Crippen molar-refractivity contribution in [3.05, 3.63) is 11.1 Å². The van der Waals surface area contributed by atoms with Crippen molar-refractivity contribution in [3.8, 4) is 0 Å². The van der Waals surface area contributed by atoms with E-state index in [0.29, 0.717) is 13.0 Å². The zero-order chi connectivity index (χ0) is 9.68. The van der Waals surface area contributed by atoms with E-state index >= 15 is 0 Å². The minimum absolute atomic E-state index is 0. The lowest BCUT2D eigenvalue weighted by Crippen LogP contribution is -2.25. The SMILES string of the molecule is CCOC(=O)CC1=C(C)CNCC1.Cl. The van der Waals surface area contributed by atoms with Gasteiger partial charge in [0.25, 0.3) is 0 Å². The maximum absolute atomic E-state index is 11.2. The van der Waals surface area contributed by atoms with E-state index in [0.717, 1.165) is 19.5 Å². The molecule has 0 saturated heterocycles. The van der Waals surface area contributed by atoms with Crippen molar-refractivity contribution in [1.82, 2.24) is 5.32 Å². The number of rotatable bonds is 3. The molecule has 82 valence electrons. The molecule has 0 atom stereocenters. The van der Waals surface area contributed by atoms with Crippen molar-refractivity contribution in [3.63, 3.8) is 0 Å². The van der Waals surface area contributed by atoms with Crippen LogP contribution >= 0.6 is 12.4 Å². The summed E-state index contributed by atoms with van der Waals surface area (Å²) in [6, 6.07) is 0. The smallest absolute Gasteiger partial charge is 0.309 e. The van der Waals surface area contributed by atoms with Gasteiger partial charge < -0.3 is 10.1 Å². The standard InChI is InChI=1S/C10H17NO2.ClH/c1-3-13-10(12)6-9-4-5-11-7-8(9)2;/h11H,3-7H2,1-2H3;1H. The van der Waals surface area contributed by atoms with Crippen LogP contribution in [0.5, 0.6) is 0 Å². The third-order valence-corrected chi connectivity index (χ3v) is 2.26. The fourth-order valence-electron chi connectivity index (χ4n) is 1.48. The van der Waals surface area contributed by atoms with E-state index < -0.39 is 0 Å². The molecule has 0 aromatic rings. The highest BCUT2D eigenvalue weighted by atomic mass is 35.5. The van der Waals surface area contributed by atoms with Crippen molar-refractivity contribution in [1.29, 1.82) is 0 Å². The first-order valence-electron chi connectivity index (χ1n) is 4.78. The molecular weight excluding hydrogens is 202 g/mol. The van der Waals surface area contributed by atoms with E-state index in [1.54, 1.807) is 0 Å². The molecule has 0 aliphatic carbocycles. The Morgan fingerprint density at radius 2 is 2.29 bits per heavy atom. The number of esters is 1. The fourth-order valence-corrected chi connectivity index (χ4v) is 1.48. The van der Waals surface area contributed by atoms with Crippen LogP contribution in [0.4, 0.5) is 0 Å². The number of hydrogen-bond acceptors (Lipinski definition) is 3. The molecule has 1 aliphatic rings. The molecule has 0 fully saturated rings. The van der Waals surface area contributed by atoms with Gasteiger partial charge >= 0.3 is 5.97 Å². The van der Waals surface area contributed by atoms with E-state index in [4.69, 9.17) is 4.74 Å². The first-order chi connectivity index (χ1) is 6.24. The van der Waals surface area contributed by atoms with Gasteiger partial charge in [-0.1, -0.05) is 11.1 Å². The molecule has 1 rings (SSSR count).